The van der Waals surface area contributed by atoms with Crippen LogP contribution in [-0.2, 0) is 4.74 Å². The van der Waals surface area contributed by atoms with Gasteiger partial charge >= 0.3 is 0 Å². The summed E-state index contributed by atoms with van der Waals surface area (Å²) in [5, 5.41) is 9.40. The summed E-state index contributed by atoms with van der Waals surface area (Å²) < 4.78 is 6.17. The predicted molar refractivity (Wildman–Crippen MR) is 79.6 cm³/mol. The SMILES string of the molecule is CN(CC1CC(O)C1)C1CCOC2(CCSCC2)C1. The second-order valence-corrected chi connectivity index (χ2v) is 7.95. The normalized spacial score (nSPS) is 38.4. The van der Waals surface area contributed by atoms with E-state index in [4.69, 9.17) is 4.74 Å². The molecule has 2 saturated heterocycles. The molecule has 1 aliphatic carbocycles. The van der Waals surface area contributed by atoms with Crippen LogP contribution in [0.4, 0.5) is 0 Å². The molecular formula is C15H27NO2S. The Kier molecular flexibility index (Phi) is 4.42. The molecule has 1 saturated carbocycles. The molecule has 1 atom stereocenters. The van der Waals surface area contributed by atoms with Crippen LogP contribution < -0.4 is 0 Å². The lowest BCUT2D eigenvalue weighted by Gasteiger charge is -2.47. The van der Waals surface area contributed by atoms with Crippen LogP contribution in [0, 0.1) is 5.92 Å². The van der Waals surface area contributed by atoms with Gasteiger partial charge in [0, 0.05) is 19.2 Å². The number of aliphatic hydroxyl groups excluding tert-OH is 1. The largest absolute Gasteiger partial charge is 0.393 e. The fourth-order valence-corrected chi connectivity index (χ4v) is 5.11. The van der Waals surface area contributed by atoms with E-state index in [9.17, 15) is 5.11 Å². The first-order valence-corrected chi connectivity index (χ1v) is 8.92. The van der Waals surface area contributed by atoms with Crippen molar-refractivity contribution in [2.24, 2.45) is 5.92 Å². The highest BCUT2D eigenvalue weighted by atomic mass is 32.2. The molecule has 0 radical (unpaired) electrons. The van der Waals surface area contributed by atoms with Crippen LogP contribution in [0.15, 0.2) is 0 Å². The molecule has 3 rings (SSSR count). The van der Waals surface area contributed by atoms with Crippen LogP contribution >= 0.6 is 11.8 Å². The van der Waals surface area contributed by atoms with Crippen molar-refractivity contribution in [3.05, 3.63) is 0 Å². The van der Waals surface area contributed by atoms with Gasteiger partial charge in [0.25, 0.3) is 0 Å². The van der Waals surface area contributed by atoms with Crippen molar-refractivity contribution in [1.29, 1.82) is 0 Å². The maximum Gasteiger partial charge on any atom is 0.0713 e. The van der Waals surface area contributed by atoms with E-state index in [0.717, 1.165) is 31.9 Å². The molecule has 3 fully saturated rings. The molecule has 0 aromatic carbocycles. The minimum Gasteiger partial charge on any atom is -0.393 e. The van der Waals surface area contributed by atoms with Crippen LogP contribution in [0.2, 0.25) is 0 Å². The molecule has 4 heteroatoms. The first-order chi connectivity index (χ1) is 9.17. The van der Waals surface area contributed by atoms with Crippen molar-refractivity contribution in [2.75, 3.05) is 31.7 Å². The lowest BCUT2D eigenvalue weighted by molar-refractivity contribution is -0.111. The summed E-state index contributed by atoms with van der Waals surface area (Å²) in [6.07, 6.45) is 6.88. The molecule has 2 aliphatic heterocycles. The third-order valence-corrected chi connectivity index (χ3v) is 6.24. The van der Waals surface area contributed by atoms with Gasteiger partial charge in [-0.25, -0.2) is 0 Å². The summed E-state index contributed by atoms with van der Waals surface area (Å²) in [4.78, 5) is 2.54. The molecule has 3 aliphatic rings. The first kappa shape index (κ1) is 14.2. The van der Waals surface area contributed by atoms with Crippen molar-refractivity contribution >= 4 is 11.8 Å². The summed E-state index contributed by atoms with van der Waals surface area (Å²) in [7, 11) is 2.27. The topological polar surface area (TPSA) is 32.7 Å². The fourth-order valence-electron chi connectivity index (χ4n) is 3.88. The van der Waals surface area contributed by atoms with Gasteiger partial charge in [0.1, 0.15) is 0 Å². The Morgan fingerprint density at radius 1 is 1.32 bits per heavy atom. The molecule has 0 aromatic rings. The van der Waals surface area contributed by atoms with Crippen LogP contribution in [-0.4, -0.2) is 59.5 Å². The molecule has 1 unspecified atom stereocenters. The van der Waals surface area contributed by atoms with Crippen LogP contribution in [0.3, 0.4) is 0 Å². The van der Waals surface area contributed by atoms with E-state index < -0.39 is 0 Å². The van der Waals surface area contributed by atoms with Gasteiger partial charge in [0.05, 0.1) is 11.7 Å². The quantitative estimate of drug-likeness (QED) is 0.861. The van der Waals surface area contributed by atoms with E-state index >= 15 is 0 Å². The molecule has 19 heavy (non-hydrogen) atoms. The maximum absolute atomic E-state index is 9.40. The van der Waals surface area contributed by atoms with Gasteiger partial charge < -0.3 is 14.7 Å². The lowest BCUT2D eigenvalue weighted by atomic mass is 9.80. The van der Waals surface area contributed by atoms with Crippen LogP contribution in [0.5, 0.6) is 0 Å². The van der Waals surface area contributed by atoms with Gasteiger partial charge in [0.15, 0.2) is 0 Å². The van der Waals surface area contributed by atoms with Gasteiger partial charge in [-0.3, -0.25) is 0 Å². The zero-order valence-electron chi connectivity index (χ0n) is 12.0. The van der Waals surface area contributed by atoms with E-state index in [0.29, 0.717) is 6.04 Å². The van der Waals surface area contributed by atoms with Gasteiger partial charge in [-0.1, -0.05) is 0 Å². The Bertz CT molecular complexity index is 295. The van der Waals surface area contributed by atoms with E-state index in [1.54, 1.807) is 0 Å². The smallest absolute Gasteiger partial charge is 0.0713 e. The summed E-state index contributed by atoms with van der Waals surface area (Å²) >= 11 is 2.07. The molecule has 0 amide bonds. The average molecular weight is 285 g/mol. The number of hydrogen-bond acceptors (Lipinski definition) is 4. The third kappa shape index (κ3) is 3.29. The van der Waals surface area contributed by atoms with Crippen molar-refractivity contribution in [3.63, 3.8) is 0 Å². The van der Waals surface area contributed by atoms with Gasteiger partial charge in [0.2, 0.25) is 0 Å². The minimum atomic E-state index is -0.0187. The van der Waals surface area contributed by atoms with Crippen molar-refractivity contribution < 1.29 is 9.84 Å². The van der Waals surface area contributed by atoms with Crippen LogP contribution in [0.25, 0.3) is 0 Å². The highest BCUT2D eigenvalue weighted by Gasteiger charge is 2.40. The Morgan fingerprint density at radius 3 is 2.74 bits per heavy atom. The molecule has 1 spiro atoms. The van der Waals surface area contributed by atoms with Gasteiger partial charge in [-0.15, -0.1) is 0 Å². The van der Waals surface area contributed by atoms with Crippen molar-refractivity contribution in [1.82, 2.24) is 4.90 Å². The molecule has 110 valence electrons. The van der Waals surface area contributed by atoms with Crippen LogP contribution in [0.1, 0.15) is 38.5 Å². The van der Waals surface area contributed by atoms with Gasteiger partial charge in [-0.05, 0) is 63.0 Å². The molecule has 0 aromatic heterocycles. The Hall–Kier alpha value is 0.230. The molecule has 2 heterocycles. The van der Waals surface area contributed by atoms with Crippen molar-refractivity contribution in [3.8, 4) is 0 Å². The third-order valence-electron chi connectivity index (χ3n) is 5.25. The number of hydrogen-bond donors (Lipinski definition) is 1. The Balaban J connectivity index is 1.52. The van der Waals surface area contributed by atoms with E-state index in [-0.39, 0.29) is 11.7 Å². The number of aliphatic hydroxyl groups is 1. The average Bonchev–Trinajstić information content (AvgIpc) is 2.38. The van der Waals surface area contributed by atoms with E-state index in [1.165, 1.54) is 37.2 Å². The predicted octanol–water partition coefficient (Wildman–Crippen LogP) is 2.13. The number of nitrogens with zero attached hydrogens (tertiary/aromatic N) is 1. The minimum absolute atomic E-state index is 0.0187. The van der Waals surface area contributed by atoms with E-state index in [2.05, 4.69) is 23.7 Å². The zero-order chi connectivity index (χ0) is 13.3. The molecule has 1 N–H and O–H groups in total. The molecule has 3 nitrogen and oxygen atoms in total. The fraction of sp³-hybridized carbons (Fsp3) is 1.00. The monoisotopic (exact) mass is 285 g/mol. The lowest BCUT2D eigenvalue weighted by Crippen LogP contribution is -2.51. The maximum atomic E-state index is 9.40. The highest BCUT2D eigenvalue weighted by molar-refractivity contribution is 7.99. The summed E-state index contributed by atoms with van der Waals surface area (Å²) in [5.41, 5.74) is 0.196. The second-order valence-electron chi connectivity index (χ2n) is 6.72. The first-order valence-electron chi connectivity index (χ1n) is 7.77. The number of thioether (sulfide) groups is 1. The molecular weight excluding hydrogens is 258 g/mol. The number of ether oxygens (including phenoxy) is 1. The number of rotatable bonds is 3. The summed E-state index contributed by atoms with van der Waals surface area (Å²) in [5.74, 6) is 3.26. The Morgan fingerprint density at radius 2 is 2.05 bits per heavy atom. The Labute approximate surface area is 121 Å². The zero-order valence-corrected chi connectivity index (χ0v) is 12.8. The standard InChI is InChI=1S/C15H27NO2S/c1-16(11-12-8-14(17)9-12)13-2-5-18-15(10-13)3-6-19-7-4-15/h12-14,17H,2-11H2,1H3. The molecule has 0 bridgehead atoms. The summed E-state index contributed by atoms with van der Waals surface area (Å²) in [6, 6.07) is 0.689. The summed E-state index contributed by atoms with van der Waals surface area (Å²) in [6.45, 7) is 2.10. The van der Waals surface area contributed by atoms with Crippen molar-refractivity contribution in [2.45, 2.75) is 56.3 Å². The van der Waals surface area contributed by atoms with E-state index in [1.807, 2.05) is 0 Å². The highest BCUT2D eigenvalue weighted by Crippen LogP contribution is 2.39. The second kappa shape index (κ2) is 5.92. The van der Waals surface area contributed by atoms with Gasteiger partial charge in [-0.2, -0.15) is 11.8 Å².